The highest BCUT2D eigenvalue weighted by molar-refractivity contribution is 14.1. The molecule has 0 bridgehead atoms. The van der Waals surface area contributed by atoms with Crippen LogP contribution in [-0.2, 0) is 11.8 Å². The third-order valence-corrected chi connectivity index (χ3v) is 8.31. The van der Waals surface area contributed by atoms with Gasteiger partial charge in [-0.2, -0.15) is 0 Å². The van der Waals surface area contributed by atoms with Crippen molar-refractivity contribution in [1.82, 2.24) is 4.98 Å². The molecule has 0 saturated heterocycles. The van der Waals surface area contributed by atoms with Crippen LogP contribution in [0.15, 0.2) is 24.3 Å². The van der Waals surface area contributed by atoms with Crippen molar-refractivity contribution in [2.45, 2.75) is 90.3 Å². The standard InChI is InChI=1S/C26H34INO2/c1-15(2)23-21(24(30)16-7-9-17(10-8-16)25(3,4)5)22(27)20-18(28-23)13-26(11-6-12-26)14-19(20)29/h7-10,15,19,24,29-30H,6,11-14H2,1-5H3/t19-,24?/m0/s1. The summed E-state index contributed by atoms with van der Waals surface area (Å²) < 4.78 is 0.996. The Balaban J connectivity index is 1.78. The van der Waals surface area contributed by atoms with Crippen molar-refractivity contribution in [2.24, 2.45) is 5.41 Å². The van der Waals surface area contributed by atoms with Crippen LogP contribution in [0, 0.1) is 8.99 Å². The van der Waals surface area contributed by atoms with Gasteiger partial charge in [0.2, 0.25) is 0 Å². The third-order valence-electron chi connectivity index (χ3n) is 7.14. The summed E-state index contributed by atoms with van der Waals surface area (Å²) in [5.74, 6) is 0.207. The lowest BCUT2D eigenvalue weighted by Crippen LogP contribution is -2.38. The Morgan fingerprint density at radius 3 is 2.27 bits per heavy atom. The van der Waals surface area contributed by atoms with Crippen LogP contribution >= 0.6 is 22.6 Å². The molecule has 0 aliphatic heterocycles. The van der Waals surface area contributed by atoms with Crippen LogP contribution in [0.25, 0.3) is 0 Å². The minimum atomic E-state index is -0.743. The van der Waals surface area contributed by atoms with E-state index in [1.54, 1.807) is 0 Å². The summed E-state index contributed by atoms with van der Waals surface area (Å²) in [6.07, 6.45) is 4.22. The average Bonchev–Trinajstić information content (AvgIpc) is 2.64. The largest absolute Gasteiger partial charge is 0.388 e. The highest BCUT2D eigenvalue weighted by atomic mass is 127. The van der Waals surface area contributed by atoms with E-state index in [9.17, 15) is 10.2 Å². The average molecular weight is 519 g/mol. The van der Waals surface area contributed by atoms with E-state index < -0.39 is 12.2 Å². The number of aliphatic hydroxyl groups excluding tert-OH is 2. The van der Waals surface area contributed by atoms with Gasteiger partial charge < -0.3 is 10.2 Å². The molecule has 4 rings (SSSR count). The molecular formula is C26H34INO2. The molecule has 0 radical (unpaired) electrons. The fourth-order valence-electron chi connectivity index (χ4n) is 5.15. The maximum atomic E-state index is 11.4. The van der Waals surface area contributed by atoms with Crippen LogP contribution in [0.2, 0.25) is 0 Å². The Kier molecular flexibility index (Phi) is 5.82. The zero-order chi connectivity index (χ0) is 21.8. The van der Waals surface area contributed by atoms with Gasteiger partial charge in [-0.25, -0.2) is 0 Å². The molecule has 1 aromatic carbocycles. The van der Waals surface area contributed by atoms with E-state index in [1.807, 2.05) is 12.1 Å². The zero-order valence-electron chi connectivity index (χ0n) is 18.8. The van der Waals surface area contributed by atoms with E-state index in [-0.39, 0.29) is 16.7 Å². The fraction of sp³-hybridized carbons (Fsp3) is 0.577. The first kappa shape index (κ1) is 22.2. The number of fused-ring (bicyclic) bond motifs is 1. The Labute approximate surface area is 194 Å². The lowest BCUT2D eigenvalue weighted by molar-refractivity contribution is 0.0236. The van der Waals surface area contributed by atoms with Gasteiger partial charge in [0, 0.05) is 20.4 Å². The molecule has 1 heterocycles. The third kappa shape index (κ3) is 3.84. The second-order valence-electron chi connectivity index (χ2n) is 10.8. The number of aliphatic hydroxyl groups is 2. The lowest BCUT2D eigenvalue weighted by atomic mass is 9.59. The number of nitrogens with zero attached hydrogens (tertiary/aromatic N) is 1. The van der Waals surface area contributed by atoms with Gasteiger partial charge >= 0.3 is 0 Å². The number of benzene rings is 1. The van der Waals surface area contributed by atoms with Crippen LogP contribution < -0.4 is 0 Å². The first-order valence-electron chi connectivity index (χ1n) is 11.2. The summed E-state index contributed by atoms with van der Waals surface area (Å²) in [5.41, 5.74) is 6.31. The van der Waals surface area contributed by atoms with E-state index in [2.05, 4.69) is 69.3 Å². The van der Waals surface area contributed by atoms with Gasteiger partial charge in [-0.05, 0) is 76.1 Å². The van der Waals surface area contributed by atoms with Gasteiger partial charge in [0.15, 0.2) is 0 Å². The van der Waals surface area contributed by atoms with Crippen LogP contribution in [-0.4, -0.2) is 15.2 Å². The molecule has 2 aliphatic carbocycles. The van der Waals surface area contributed by atoms with E-state index in [0.717, 1.165) is 44.5 Å². The molecule has 1 fully saturated rings. The van der Waals surface area contributed by atoms with Crippen LogP contribution in [0.4, 0.5) is 0 Å². The fourth-order valence-corrected chi connectivity index (χ4v) is 6.40. The second-order valence-corrected chi connectivity index (χ2v) is 11.8. The molecule has 1 unspecified atom stereocenters. The minimum Gasteiger partial charge on any atom is -0.388 e. The highest BCUT2D eigenvalue weighted by Gasteiger charge is 2.45. The maximum Gasteiger partial charge on any atom is 0.107 e. The summed E-state index contributed by atoms with van der Waals surface area (Å²) in [7, 11) is 0. The van der Waals surface area contributed by atoms with Gasteiger partial charge in [0.1, 0.15) is 6.10 Å². The predicted octanol–water partition coefficient (Wildman–Crippen LogP) is 6.34. The molecule has 3 nitrogen and oxygen atoms in total. The van der Waals surface area contributed by atoms with Crippen molar-refractivity contribution in [1.29, 1.82) is 0 Å². The Morgan fingerprint density at radius 2 is 1.77 bits per heavy atom. The minimum absolute atomic E-state index is 0.0793. The van der Waals surface area contributed by atoms with Gasteiger partial charge in [0.05, 0.1) is 11.8 Å². The van der Waals surface area contributed by atoms with Crippen molar-refractivity contribution in [3.63, 3.8) is 0 Å². The predicted molar refractivity (Wildman–Crippen MR) is 130 cm³/mol. The molecule has 0 amide bonds. The summed E-state index contributed by atoms with van der Waals surface area (Å²) in [5, 5.41) is 22.5. The lowest BCUT2D eigenvalue weighted by Gasteiger charge is -2.47. The van der Waals surface area contributed by atoms with Crippen molar-refractivity contribution in [2.75, 3.05) is 0 Å². The molecule has 1 aromatic heterocycles. The van der Waals surface area contributed by atoms with Crippen molar-refractivity contribution in [3.05, 3.63) is 61.5 Å². The van der Waals surface area contributed by atoms with Gasteiger partial charge in [-0.3, -0.25) is 4.98 Å². The summed E-state index contributed by atoms with van der Waals surface area (Å²) in [6.45, 7) is 10.9. The van der Waals surface area contributed by atoms with Gasteiger partial charge in [-0.1, -0.05) is 65.3 Å². The topological polar surface area (TPSA) is 53.4 Å². The number of pyridine rings is 1. The van der Waals surface area contributed by atoms with E-state index >= 15 is 0 Å². The molecule has 30 heavy (non-hydrogen) atoms. The molecule has 2 atom stereocenters. The first-order chi connectivity index (χ1) is 14.0. The van der Waals surface area contributed by atoms with Crippen LogP contribution in [0.1, 0.15) is 112 Å². The van der Waals surface area contributed by atoms with Crippen molar-refractivity contribution >= 4 is 22.6 Å². The monoisotopic (exact) mass is 519 g/mol. The molecule has 1 spiro atoms. The molecule has 4 heteroatoms. The number of hydrogen-bond donors (Lipinski definition) is 2. The Bertz CT molecular complexity index is 939. The Morgan fingerprint density at radius 1 is 1.13 bits per heavy atom. The summed E-state index contributed by atoms with van der Waals surface area (Å²) in [6, 6.07) is 8.29. The number of hydrogen-bond acceptors (Lipinski definition) is 3. The van der Waals surface area contributed by atoms with Crippen LogP contribution in [0.3, 0.4) is 0 Å². The van der Waals surface area contributed by atoms with Crippen molar-refractivity contribution in [3.8, 4) is 0 Å². The molecule has 1 saturated carbocycles. The van der Waals surface area contributed by atoms with E-state index in [1.165, 1.54) is 24.8 Å². The summed E-state index contributed by atoms with van der Waals surface area (Å²) >= 11 is 2.34. The quantitative estimate of drug-likeness (QED) is 0.466. The molecule has 2 N–H and O–H groups in total. The summed E-state index contributed by atoms with van der Waals surface area (Å²) in [4.78, 5) is 5.08. The zero-order valence-corrected chi connectivity index (χ0v) is 21.0. The van der Waals surface area contributed by atoms with Crippen LogP contribution in [0.5, 0.6) is 0 Å². The normalized spacial score (nSPS) is 21.4. The maximum absolute atomic E-state index is 11.4. The number of rotatable bonds is 3. The van der Waals surface area contributed by atoms with Gasteiger partial charge in [0.25, 0.3) is 0 Å². The smallest absolute Gasteiger partial charge is 0.107 e. The highest BCUT2D eigenvalue weighted by Crippen LogP contribution is 2.54. The van der Waals surface area contributed by atoms with Gasteiger partial charge in [-0.15, -0.1) is 0 Å². The number of aromatic nitrogens is 1. The van der Waals surface area contributed by atoms with E-state index in [4.69, 9.17) is 4.98 Å². The van der Waals surface area contributed by atoms with E-state index in [0.29, 0.717) is 0 Å². The number of halogens is 1. The molecular weight excluding hydrogens is 485 g/mol. The Hall–Kier alpha value is -0.980. The van der Waals surface area contributed by atoms with Crippen molar-refractivity contribution < 1.29 is 10.2 Å². The molecule has 162 valence electrons. The SMILES string of the molecule is CC(C)c1nc2c(c(I)c1C(O)c1ccc(C(C)(C)C)cc1)[C@@H](O)CC1(CCC1)C2. The second kappa shape index (κ2) is 7.86. The first-order valence-corrected chi connectivity index (χ1v) is 12.3. The molecule has 2 aromatic rings. The molecule has 2 aliphatic rings.